The molecule has 142 valence electrons. The zero-order valence-corrected chi connectivity index (χ0v) is 18.1. The Balaban J connectivity index is 0.00000288. The average Bonchev–Trinajstić information content (AvgIpc) is 3.38. The largest absolute Gasteiger partial charge is 0.379 e. The number of guanidine groups is 1. The molecule has 0 aromatic rings. The van der Waals surface area contributed by atoms with Crippen molar-refractivity contribution in [3.63, 3.8) is 0 Å². The number of hydrogen-bond donors (Lipinski definition) is 1. The Labute approximate surface area is 165 Å². The first kappa shape index (κ1) is 22.0. The van der Waals surface area contributed by atoms with Crippen LogP contribution in [0.3, 0.4) is 0 Å². The molecule has 0 aromatic carbocycles. The Morgan fingerprint density at radius 1 is 1.21 bits per heavy atom. The lowest BCUT2D eigenvalue weighted by Crippen LogP contribution is -2.44. The highest BCUT2D eigenvalue weighted by molar-refractivity contribution is 14.0. The van der Waals surface area contributed by atoms with Crippen molar-refractivity contribution in [1.29, 1.82) is 0 Å². The van der Waals surface area contributed by atoms with Gasteiger partial charge in [0.05, 0.1) is 6.61 Å². The molecule has 1 aliphatic heterocycles. The number of hydrogen-bond acceptors (Lipinski definition) is 3. The van der Waals surface area contributed by atoms with E-state index in [0.717, 1.165) is 44.1 Å². The third-order valence-electron chi connectivity index (χ3n) is 4.99. The SMILES string of the molecule is CCCN1CCC(CNC(=NC)N(C)CCOCC2CC2)CC1.I. The van der Waals surface area contributed by atoms with Crippen LogP contribution in [0.4, 0.5) is 0 Å². The van der Waals surface area contributed by atoms with Crippen LogP contribution in [0.2, 0.25) is 0 Å². The minimum atomic E-state index is 0. The summed E-state index contributed by atoms with van der Waals surface area (Å²) in [6, 6.07) is 0. The highest BCUT2D eigenvalue weighted by atomic mass is 127. The molecule has 2 fully saturated rings. The normalized spacial score (nSPS) is 19.9. The predicted octanol–water partition coefficient (Wildman–Crippen LogP) is 2.66. The predicted molar refractivity (Wildman–Crippen MR) is 112 cm³/mol. The van der Waals surface area contributed by atoms with Crippen molar-refractivity contribution in [2.24, 2.45) is 16.8 Å². The number of aliphatic imine (C=N–C) groups is 1. The smallest absolute Gasteiger partial charge is 0.193 e. The van der Waals surface area contributed by atoms with Gasteiger partial charge in [-0.3, -0.25) is 4.99 Å². The lowest BCUT2D eigenvalue weighted by Gasteiger charge is -2.32. The van der Waals surface area contributed by atoms with Gasteiger partial charge in [0.2, 0.25) is 0 Å². The van der Waals surface area contributed by atoms with Crippen LogP contribution in [0, 0.1) is 11.8 Å². The van der Waals surface area contributed by atoms with Gasteiger partial charge in [-0.25, -0.2) is 0 Å². The van der Waals surface area contributed by atoms with Gasteiger partial charge in [0, 0.05) is 33.8 Å². The van der Waals surface area contributed by atoms with Crippen LogP contribution in [0.15, 0.2) is 4.99 Å². The molecule has 0 unspecified atom stereocenters. The second-order valence-electron chi connectivity index (χ2n) is 7.15. The number of piperidine rings is 1. The number of nitrogens with zero attached hydrogens (tertiary/aromatic N) is 3. The molecule has 2 aliphatic rings. The van der Waals surface area contributed by atoms with Crippen LogP contribution in [-0.4, -0.2) is 75.8 Å². The second kappa shape index (κ2) is 12.3. The van der Waals surface area contributed by atoms with Crippen molar-refractivity contribution < 1.29 is 4.74 Å². The van der Waals surface area contributed by atoms with E-state index in [1.165, 1.54) is 51.7 Å². The minimum Gasteiger partial charge on any atom is -0.379 e. The van der Waals surface area contributed by atoms with Gasteiger partial charge in [-0.1, -0.05) is 6.92 Å². The molecule has 1 saturated carbocycles. The third-order valence-corrected chi connectivity index (χ3v) is 4.99. The molecule has 2 rings (SSSR count). The monoisotopic (exact) mass is 452 g/mol. The van der Waals surface area contributed by atoms with Gasteiger partial charge >= 0.3 is 0 Å². The topological polar surface area (TPSA) is 40.1 Å². The van der Waals surface area contributed by atoms with Crippen molar-refractivity contribution in [1.82, 2.24) is 15.1 Å². The summed E-state index contributed by atoms with van der Waals surface area (Å²) in [6.07, 6.45) is 6.59. The number of ether oxygens (including phenoxy) is 1. The van der Waals surface area contributed by atoms with Gasteiger partial charge in [0.15, 0.2) is 5.96 Å². The van der Waals surface area contributed by atoms with Gasteiger partial charge in [0.25, 0.3) is 0 Å². The van der Waals surface area contributed by atoms with E-state index in [0.29, 0.717) is 0 Å². The van der Waals surface area contributed by atoms with Gasteiger partial charge in [-0.05, 0) is 63.6 Å². The van der Waals surface area contributed by atoms with E-state index in [1.54, 1.807) is 0 Å². The maximum absolute atomic E-state index is 5.72. The van der Waals surface area contributed by atoms with Crippen molar-refractivity contribution in [2.45, 2.75) is 39.0 Å². The highest BCUT2D eigenvalue weighted by Crippen LogP contribution is 2.28. The molecule has 0 radical (unpaired) electrons. The number of likely N-dealkylation sites (N-methyl/N-ethyl adjacent to an activating group) is 1. The van der Waals surface area contributed by atoms with E-state index in [4.69, 9.17) is 4.74 Å². The van der Waals surface area contributed by atoms with Crippen LogP contribution < -0.4 is 5.32 Å². The van der Waals surface area contributed by atoms with Crippen molar-refractivity contribution >= 4 is 29.9 Å². The average molecular weight is 452 g/mol. The van der Waals surface area contributed by atoms with Crippen molar-refractivity contribution in [3.05, 3.63) is 0 Å². The number of halogens is 1. The van der Waals surface area contributed by atoms with E-state index < -0.39 is 0 Å². The molecule has 0 atom stereocenters. The Morgan fingerprint density at radius 3 is 2.50 bits per heavy atom. The summed E-state index contributed by atoms with van der Waals surface area (Å²) in [5.74, 6) is 2.62. The Kier molecular flexibility index (Phi) is 11.3. The summed E-state index contributed by atoms with van der Waals surface area (Å²) < 4.78 is 5.72. The first-order chi connectivity index (χ1) is 11.2. The van der Waals surface area contributed by atoms with Crippen LogP contribution in [0.5, 0.6) is 0 Å². The third kappa shape index (κ3) is 8.34. The molecule has 1 heterocycles. The molecule has 0 amide bonds. The first-order valence-electron chi connectivity index (χ1n) is 9.44. The summed E-state index contributed by atoms with van der Waals surface area (Å²) in [5.41, 5.74) is 0. The van der Waals surface area contributed by atoms with E-state index in [1.807, 2.05) is 7.05 Å². The molecule has 0 aromatic heterocycles. The fourth-order valence-electron chi connectivity index (χ4n) is 3.19. The molecule has 1 saturated heterocycles. The molecule has 5 nitrogen and oxygen atoms in total. The van der Waals surface area contributed by atoms with Gasteiger partial charge < -0.3 is 19.9 Å². The van der Waals surface area contributed by atoms with E-state index in [2.05, 4.69) is 34.1 Å². The van der Waals surface area contributed by atoms with E-state index >= 15 is 0 Å². The molecular weight excluding hydrogens is 415 g/mol. The minimum absolute atomic E-state index is 0. The number of nitrogens with one attached hydrogen (secondary N) is 1. The van der Waals surface area contributed by atoms with Crippen LogP contribution in [0.25, 0.3) is 0 Å². The summed E-state index contributed by atoms with van der Waals surface area (Å²) in [5, 5.41) is 3.55. The summed E-state index contributed by atoms with van der Waals surface area (Å²) >= 11 is 0. The molecule has 1 aliphatic carbocycles. The van der Waals surface area contributed by atoms with Gasteiger partial charge in [0.1, 0.15) is 0 Å². The standard InChI is InChI=1S/C18H36N4O.HI/c1-4-9-22-10-7-16(8-11-22)14-20-18(19-2)21(3)12-13-23-15-17-5-6-17;/h16-17H,4-15H2,1-3H3,(H,19,20);1H. The van der Waals surface area contributed by atoms with Gasteiger partial charge in [-0.15, -0.1) is 24.0 Å². The molecule has 1 N–H and O–H groups in total. The number of rotatable bonds is 9. The fraction of sp³-hybridized carbons (Fsp3) is 0.944. The van der Waals surface area contributed by atoms with E-state index in [-0.39, 0.29) is 24.0 Å². The number of likely N-dealkylation sites (tertiary alicyclic amines) is 1. The molecule has 0 bridgehead atoms. The lowest BCUT2D eigenvalue weighted by molar-refractivity contribution is 0.115. The van der Waals surface area contributed by atoms with Crippen molar-refractivity contribution in [3.8, 4) is 0 Å². The summed E-state index contributed by atoms with van der Waals surface area (Å²) in [7, 11) is 3.97. The summed E-state index contributed by atoms with van der Waals surface area (Å²) in [4.78, 5) is 9.18. The Bertz CT molecular complexity index is 355. The molecule has 24 heavy (non-hydrogen) atoms. The van der Waals surface area contributed by atoms with Crippen LogP contribution >= 0.6 is 24.0 Å². The molecular formula is C18H37IN4O. The maximum atomic E-state index is 5.72. The van der Waals surface area contributed by atoms with Crippen LogP contribution in [-0.2, 0) is 4.74 Å². The molecule has 0 spiro atoms. The lowest BCUT2D eigenvalue weighted by atomic mass is 9.97. The zero-order chi connectivity index (χ0) is 16.5. The second-order valence-corrected chi connectivity index (χ2v) is 7.15. The van der Waals surface area contributed by atoms with E-state index in [9.17, 15) is 0 Å². The Morgan fingerprint density at radius 2 is 1.92 bits per heavy atom. The first-order valence-corrected chi connectivity index (χ1v) is 9.44. The summed E-state index contributed by atoms with van der Waals surface area (Å²) in [6.45, 7) is 9.71. The van der Waals surface area contributed by atoms with Crippen LogP contribution in [0.1, 0.15) is 39.0 Å². The highest BCUT2D eigenvalue weighted by Gasteiger charge is 2.21. The fourth-order valence-corrected chi connectivity index (χ4v) is 3.19. The quantitative estimate of drug-likeness (QED) is 0.253. The maximum Gasteiger partial charge on any atom is 0.193 e. The van der Waals surface area contributed by atoms with Crippen molar-refractivity contribution in [2.75, 3.05) is 60.0 Å². The molecule has 6 heteroatoms. The zero-order valence-electron chi connectivity index (χ0n) is 15.8. The van der Waals surface area contributed by atoms with Gasteiger partial charge in [-0.2, -0.15) is 0 Å². The Hall–Kier alpha value is -0.0800.